The Bertz CT molecular complexity index is 734. The summed E-state index contributed by atoms with van der Waals surface area (Å²) in [5.74, 6) is -0.253. The molecule has 2 aromatic carbocycles. The van der Waals surface area contributed by atoms with Gasteiger partial charge in [-0.05, 0) is 36.2 Å². The number of rotatable bonds is 3. The lowest BCUT2D eigenvalue weighted by Crippen LogP contribution is -2.11. The third-order valence-corrected chi connectivity index (χ3v) is 4.12. The van der Waals surface area contributed by atoms with E-state index in [9.17, 15) is 4.39 Å². The highest BCUT2D eigenvalue weighted by Gasteiger charge is 2.13. The van der Waals surface area contributed by atoms with Crippen molar-refractivity contribution in [2.45, 2.75) is 6.04 Å². The molecule has 3 aromatic rings. The van der Waals surface area contributed by atoms with Crippen molar-refractivity contribution in [3.63, 3.8) is 0 Å². The summed E-state index contributed by atoms with van der Waals surface area (Å²) < 4.78 is 14.0. The fraction of sp³-hybridized carbons (Fsp3) is 0.0625. The lowest BCUT2D eigenvalue weighted by Gasteiger charge is -2.07. The average Bonchev–Trinajstić information content (AvgIpc) is 2.84. The number of aromatic nitrogens is 1. The van der Waals surface area contributed by atoms with Gasteiger partial charge in [-0.15, -0.1) is 11.3 Å². The molecule has 4 heteroatoms. The lowest BCUT2D eigenvalue weighted by atomic mass is 10.1. The normalized spacial score (nSPS) is 12.8. The number of halogens is 1. The standard InChI is InChI=1S/C16H13FN2S/c1-10-2-4-11(5-3-10)8-13(18)16-19-14-7-6-12(17)9-15(14)20-16/h2-9,13H,1,18H2. The zero-order valence-electron chi connectivity index (χ0n) is 10.7. The van der Waals surface area contributed by atoms with Crippen molar-refractivity contribution < 1.29 is 4.39 Å². The molecular formula is C16H13FN2S. The number of benzene rings is 2. The molecule has 20 heavy (non-hydrogen) atoms. The maximum absolute atomic E-state index is 13.2. The van der Waals surface area contributed by atoms with Gasteiger partial charge in [0.25, 0.3) is 0 Å². The zero-order valence-corrected chi connectivity index (χ0v) is 11.5. The predicted octanol–water partition coefficient (Wildman–Crippen LogP) is 3.87. The first-order chi connectivity index (χ1) is 9.61. The minimum Gasteiger partial charge on any atom is -0.321 e. The highest BCUT2D eigenvalue weighted by Crippen LogP contribution is 2.28. The van der Waals surface area contributed by atoms with Crippen LogP contribution >= 0.6 is 11.3 Å². The van der Waals surface area contributed by atoms with Crippen LogP contribution < -0.4 is 5.73 Å². The van der Waals surface area contributed by atoms with E-state index in [1.807, 2.05) is 30.7 Å². The molecule has 0 saturated heterocycles. The van der Waals surface area contributed by atoms with E-state index in [4.69, 9.17) is 5.73 Å². The van der Waals surface area contributed by atoms with Crippen molar-refractivity contribution in [2.24, 2.45) is 5.73 Å². The van der Waals surface area contributed by atoms with Crippen LogP contribution in [0.3, 0.4) is 0 Å². The molecule has 0 aliphatic carbocycles. The van der Waals surface area contributed by atoms with Gasteiger partial charge in [0.15, 0.2) is 0 Å². The predicted molar refractivity (Wildman–Crippen MR) is 80.8 cm³/mol. The van der Waals surface area contributed by atoms with Gasteiger partial charge in [0.05, 0.1) is 16.3 Å². The van der Waals surface area contributed by atoms with Gasteiger partial charge < -0.3 is 5.73 Å². The Labute approximate surface area is 121 Å². The van der Waals surface area contributed by atoms with Gasteiger partial charge in [-0.2, -0.15) is 0 Å². The third kappa shape index (κ3) is 2.71. The van der Waals surface area contributed by atoms with E-state index >= 15 is 0 Å². The monoisotopic (exact) mass is 284 g/mol. The molecule has 1 atom stereocenters. The van der Waals surface area contributed by atoms with E-state index in [1.165, 1.54) is 23.5 Å². The van der Waals surface area contributed by atoms with E-state index in [-0.39, 0.29) is 11.9 Å². The van der Waals surface area contributed by atoms with Gasteiger partial charge in [0.1, 0.15) is 10.8 Å². The smallest absolute Gasteiger partial charge is 0.124 e. The van der Waals surface area contributed by atoms with Gasteiger partial charge >= 0.3 is 0 Å². The van der Waals surface area contributed by atoms with Crippen LogP contribution in [0.5, 0.6) is 0 Å². The first-order valence-corrected chi connectivity index (χ1v) is 7.02. The minimum absolute atomic E-state index is 0.253. The fourth-order valence-electron chi connectivity index (χ4n) is 1.97. The molecule has 100 valence electrons. The number of thiazole rings is 1. The maximum atomic E-state index is 13.2. The Hall–Kier alpha value is -1.78. The first kappa shape index (κ1) is 13.2. The van der Waals surface area contributed by atoms with Crippen molar-refractivity contribution in [1.29, 1.82) is 0 Å². The van der Waals surface area contributed by atoms with Gasteiger partial charge in [-0.3, -0.25) is 0 Å². The second kappa shape index (κ2) is 5.31. The highest BCUT2D eigenvalue weighted by atomic mass is 32.1. The highest BCUT2D eigenvalue weighted by molar-refractivity contribution is 7.18. The number of hydrogen-bond acceptors (Lipinski definition) is 3. The second-order valence-corrected chi connectivity index (χ2v) is 5.66. The summed E-state index contributed by atoms with van der Waals surface area (Å²) in [7, 11) is 0. The SMILES string of the molecule is [CH2]c1ccc([CH]C(N)c2nc3ccc(F)cc3s2)cc1. The molecule has 0 amide bonds. The molecule has 0 fully saturated rings. The summed E-state index contributed by atoms with van der Waals surface area (Å²) in [6, 6.07) is 12.1. The van der Waals surface area contributed by atoms with Crippen LogP contribution in [0.25, 0.3) is 10.2 Å². The molecule has 1 heterocycles. The summed E-state index contributed by atoms with van der Waals surface area (Å²) in [4.78, 5) is 4.45. The van der Waals surface area contributed by atoms with Crippen LogP contribution in [0.2, 0.25) is 0 Å². The zero-order chi connectivity index (χ0) is 14.1. The van der Waals surface area contributed by atoms with Gasteiger partial charge in [-0.25, -0.2) is 9.37 Å². The Kier molecular flexibility index (Phi) is 3.51. The van der Waals surface area contributed by atoms with Crippen molar-refractivity contribution >= 4 is 21.6 Å². The molecule has 0 aliphatic heterocycles. The van der Waals surface area contributed by atoms with Crippen LogP contribution in [0, 0.1) is 19.2 Å². The molecule has 0 saturated carbocycles. The van der Waals surface area contributed by atoms with Crippen molar-refractivity contribution in [3.8, 4) is 0 Å². The Balaban J connectivity index is 1.84. The lowest BCUT2D eigenvalue weighted by molar-refractivity contribution is 0.630. The topological polar surface area (TPSA) is 38.9 Å². The van der Waals surface area contributed by atoms with E-state index in [0.717, 1.165) is 26.4 Å². The summed E-state index contributed by atoms with van der Waals surface area (Å²) in [6.45, 7) is 3.85. The second-order valence-electron chi connectivity index (χ2n) is 4.60. The van der Waals surface area contributed by atoms with E-state index in [2.05, 4.69) is 11.9 Å². The van der Waals surface area contributed by atoms with Crippen LogP contribution in [0.4, 0.5) is 4.39 Å². The molecule has 1 aromatic heterocycles. The summed E-state index contributed by atoms with van der Waals surface area (Å²) in [6.07, 6.45) is 1.94. The first-order valence-electron chi connectivity index (χ1n) is 6.20. The number of fused-ring (bicyclic) bond motifs is 1. The largest absolute Gasteiger partial charge is 0.321 e. The number of nitrogens with zero attached hydrogens (tertiary/aromatic N) is 1. The quantitative estimate of drug-likeness (QED) is 0.793. The summed E-state index contributed by atoms with van der Waals surface area (Å²) in [5.41, 5.74) is 8.92. The Morgan fingerprint density at radius 3 is 2.70 bits per heavy atom. The van der Waals surface area contributed by atoms with Crippen molar-refractivity contribution in [1.82, 2.24) is 4.98 Å². The molecule has 1 unspecified atom stereocenters. The van der Waals surface area contributed by atoms with Crippen LogP contribution in [-0.2, 0) is 0 Å². The molecule has 0 bridgehead atoms. The van der Waals surface area contributed by atoms with Gasteiger partial charge in [-0.1, -0.05) is 24.3 Å². The average molecular weight is 284 g/mol. The van der Waals surface area contributed by atoms with Crippen LogP contribution in [-0.4, -0.2) is 4.98 Å². The van der Waals surface area contributed by atoms with Gasteiger partial charge in [0.2, 0.25) is 0 Å². The van der Waals surface area contributed by atoms with Crippen LogP contribution in [0.15, 0.2) is 42.5 Å². The molecule has 2 radical (unpaired) electrons. The number of hydrogen-bond donors (Lipinski definition) is 1. The molecule has 2 N–H and O–H groups in total. The fourth-order valence-corrected chi connectivity index (χ4v) is 2.93. The number of nitrogens with two attached hydrogens (primary N) is 1. The van der Waals surface area contributed by atoms with E-state index in [0.29, 0.717) is 0 Å². The molecule has 0 aliphatic rings. The van der Waals surface area contributed by atoms with Crippen molar-refractivity contribution in [3.05, 3.63) is 77.8 Å². The van der Waals surface area contributed by atoms with Crippen molar-refractivity contribution in [2.75, 3.05) is 0 Å². The maximum Gasteiger partial charge on any atom is 0.124 e. The van der Waals surface area contributed by atoms with E-state index in [1.54, 1.807) is 6.07 Å². The molecule has 3 rings (SSSR count). The van der Waals surface area contributed by atoms with Gasteiger partial charge in [0, 0.05) is 6.42 Å². The van der Waals surface area contributed by atoms with E-state index < -0.39 is 0 Å². The minimum atomic E-state index is -0.300. The third-order valence-electron chi connectivity index (χ3n) is 3.00. The summed E-state index contributed by atoms with van der Waals surface area (Å²) >= 11 is 1.42. The molecule has 0 spiro atoms. The summed E-state index contributed by atoms with van der Waals surface area (Å²) in [5, 5.41) is 0.782. The van der Waals surface area contributed by atoms with Crippen LogP contribution in [0.1, 0.15) is 22.2 Å². The Morgan fingerprint density at radius 2 is 1.95 bits per heavy atom. The molecular weight excluding hydrogens is 271 g/mol. The molecule has 2 nitrogen and oxygen atoms in total. The Morgan fingerprint density at radius 1 is 1.20 bits per heavy atom.